The van der Waals surface area contributed by atoms with Crippen LogP contribution in [0.15, 0.2) is 62.8 Å². The Balaban J connectivity index is 1.52. The van der Waals surface area contributed by atoms with Crippen molar-refractivity contribution in [3.05, 3.63) is 53.0 Å². The van der Waals surface area contributed by atoms with Crippen LogP contribution < -0.4 is 9.46 Å². The first kappa shape index (κ1) is 21.3. The minimum atomic E-state index is -3.60. The first-order valence-electron chi connectivity index (χ1n) is 8.77. The van der Waals surface area contributed by atoms with Gasteiger partial charge < -0.3 is 4.74 Å². The average molecular weight is 489 g/mol. The Hall–Kier alpha value is -1.46. The third kappa shape index (κ3) is 5.12. The van der Waals surface area contributed by atoms with E-state index in [9.17, 15) is 16.8 Å². The summed E-state index contributed by atoms with van der Waals surface area (Å²) in [5.41, 5.74) is 0. The second-order valence-corrected chi connectivity index (χ2v) is 10.9. The van der Waals surface area contributed by atoms with Gasteiger partial charge in [0.2, 0.25) is 20.0 Å². The van der Waals surface area contributed by atoms with E-state index in [4.69, 9.17) is 4.74 Å². The highest BCUT2D eigenvalue weighted by Gasteiger charge is 2.26. The summed E-state index contributed by atoms with van der Waals surface area (Å²) in [6.07, 6.45) is 1.77. The number of hydrogen-bond donors (Lipinski definition) is 1. The molecule has 1 aliphatic rings. The Labute approximate surface area is 173 Å². The van der Waals surface area contributed by atoms with E-state index in [1.807, 2.05) is 0 Å². The van der Waals surface area contributed by atoms with Gasteiger partial charge in [0.05, 0.1) is 9.79 Å². The van der Waals surface area contributed by atoms with Crippen molar-refractivity contribution in [2.24, 2.45) is 0 Å². The topological polar surface area (TPSA) is 92.8 Å². The molecule has 0 aliphatic carbocycles. The zero-order valence-corrected chi connectivity index (χ0v) is 18.3. The second-order valence-electron chi connectivity index (χ2n) is 6.28. The second kappa shape index (κ2) is 8.91. The van der Waals surface area contributed by atoms with E-state index < -0.39 is 20.0 Å². The molecule has 1 saturated heterocycles. The van der Waals surface area contributed by atoms with Crippen molar-refractivity contribution in [2.75, 3.05) is 26.2 Å². The lowest BCUT2D eigenvalue weighted by Gasteiger charge is -2.15. The van der Waals surface area contributed by atoms with Gasteiger partial charge in [0, 0.05) is 24.1 Å². The molecule has 28 heavy (non-hydrogen) atoms. The molecule has 1 aliphatic heterocycles. The highest BCUT2D eigenvalue weighted by molar-refractivity contribution is 9.10. The summed E-state index contributed by atoms with van der Waals surface area (Å²) in [5, 5.41) is 0. The maximum Gasteiger partial charge on any atom is 0.243 e. The first-order valence-corrected chi connectivity index (χ1v) is 12.5. The van der Waals surface area contributed by atoms with Crippen LogP contribution in [0.3, 0.4) is 0 Å². The van der Waals surface area contributed by atoms with Crippen molar-refractivity contribution >= 4 is 36.0 Å². The molecule has 0 saturated carbocycles. The molecule has 0 amide bonds. The van der Waals surface area contributed by atoms with Crippen LogP contribution in [0.25, 0.3) is 0 Å². The van der Waals surface area contributed by atoms with Crippen LogP contribution in [0.1, 0.15) is 12.8 Å². The summed E-state index contributed by atoms with van der Waals surface area (Å²) >= 11 is 3.26. The number of halogens is 1. The molecular weight excluding hydrogens is 468 g/mol. The fraction of sp³-hybridized carbons (Fsp3) is 0.333. The van der Waals surface area contributed by atoms with Crippen LogP contribution in [0.4, 0.5) is 0 Å². The van der Waals surface area contributed by atoms with Gasteiger partial charge in [-0.15, -0.1) is 0 Å². The van der Waals surface area contributed by atoms with Crippen LogP contribution in [0.2, 0.25) is 0 Å². The van der Waals surface area contributed by atoms with Crippen LogP contribution in [0.5, 0.6) is 5.75 Å². The predicted molar refractivity (Wildman–Crippen MR) is 109 cm³/mol. The SMILES string of the molecule is O=S(=O)(NCCOc1ccc(S(=O)(=O)N2CCCC2)cc1)c1ccc(Br)cc1. The largest absolute Gasteiger partial charge is 0.492 e. The van der Waals surface area contributed by atoms with Gasteiger partial charge in [-0.05, 0) is 61.4 Å². The summed E-state index contributed by atoms with van der Waals surface area (Å²) in [5.74, 6) is 0.475. The normalized spacial score (nSPS) is 15.6. The molecule has 7 nitrogen and oxygen atoms in total. The number of benzene rings is 2. The van der Waals surface area contributed by atoms with Crippen molar-refractivity contribution < 1.29 is 21.6 Å². The van der Waals surface area contributed by atoms with Gasteiger partial charge in [-0.3, -0.25) is 0 Å². The minimum Gasteiger partial charge on any atom is -0.492 e. The highest BCUT2D eigenvalue weighted by atomic mass is 79.9. The summed E-state index contributed by atoms with van der Waals surface area (Å²) in [6, 6.07) is 12.5. The molecule has 2 aromatic rings. The molecule has 3 rings (SSSR count). The van der Waals surface area contributed by atoms with E-state index in [-0.39, 0.29) is 22.9 Å². The third-order valence-corrected chi connectivity index (χ3v) is 8.23. The fourth-order valence-electron chi connectivity index (χ4n) is 2.83. The average Bonchev–Trinajstić information content (AvgIpc) is 3.22. The molecule has 1 fully saturated rings. The number of nitrogens with zero attached hydrogens (tertiary/aromatic N) is 1. The lowest BCUT2D eigenvalue weighted by molar-refractivity contribution is 0.322. The standard InChI is InChI=1S/C18H21BrN2O5S2/c19-15-3-7-17(8-4-15)27(22,23)20-11-14-26-16-5-9-18(10-6-16)28(24,25)21-12-1-2-13-21/h3-10,20H,1-2,11-14H2. The van der Waals surface area contributed by atoms with Gasteiger partial charge in [0.1, 0.15) is 12.4 Å². The molecule has 0 spiro atoms. The van der Waals surface area contributed by atoms with Gasteiger partial charge >= 0.3 is 0 Å². The number of sulfonamides is 2. The van der Waals surface area contributed by atoms with Crippen LogP contribution >= 0.6 is 15.9 Å². The molecule has 0 aromatic heterocycles. The van der Waals surface area contributed by atoms with Crippen molar-refractivity contribution in [2.45, 2.75) is 22.6 Å². The summed E-state index contributed by atoms with van der Waals surface area (Å²) in [6.45, 7) is 1.32. The predicted octanol–water partition coefficient (Wildman–Crippen LogP) is 2.59. The number of rotatable bonds is 8. The minimum absolute atomic E-state index is 0.0895. The quantitative estimate of drug-likeness (QED) is 0.576. The van der Waals surface area contributed by atoms with Crippen molar-refractivity contribution in [3.8, 4) is 5.75 Å². The fourth-order valence-corrected chi connectivity index (χ4v) is 5.62. The summed E-state index contributed by atoms with van der Waals surface area (Å²) in [4.78, 5) is 0.407. The van der Waals surface area contributed by atoms with Crippen LogP contribution in [0, 0.1) is 0 Å². The zero-order chi connectivity index (χ0) is 20.2. The molecule has 1 N–H and O–H groups in total. The molecule has 10 heteroatoms. The Morgan fingerprint density at radius 3 is 2.07 bits per heavy atom. The number of ether oxygens (including phenoxy) is 1. The Morgan fingerprint density at radius 1 is 0.893 bits per heavy atom. The molecule has 0 bridgehead atoms. The molecule has 1 heterocycles. The van der Waals surface area contributed by atoms with Crippen molar-refractivity contribution in [1.82, 2.24) is 9.03 Å². The Kier molecular flexibility index (Phi) is 6.77. The lowest BCUT2D eigenvalue weighted by atomic mass is 10.3. The first-order chi connectivity index (χ1) is 13.3. The molecule has 152 valence electrons. The molecule has 0 radical (unpaired) electrons. The molecular formula is C18H21BrN2O5S2. The van der Waals surface area contributed by atoms with E-state index in [1.165, 1.54) is 28.6 Å². The van der Waals surface area contributed by atoms with Crippen LogP contribution in [-0.2, 0) is 20.0 Å². The number of hydrogen-bond acceptors (Lipinski definition) is 5. The van der Waals surface area contributed by atoms with Crippen LogP contribution in [-0.4, -0.2) is 47.4 Å². The maximum absolute atomic E-state index is 12.5. The summed E-state index contributed by atoms with van der Waals surface area (Å²) < 4.78 is 59.6. The van der Waals surface area contributed by atoms with Gasteiger partial charge in [0.25, 0.3) is 0 Å². The summed E-state index contributed by atoms with van der Waals surface area (Å²) in [7, 11) is -7.05. The van der Waals surface area contributed by atoms with E-state index in [1.54, 1.807) is 24.3 Å². The third-order valence-electron chi connectivity index (χ3n) is 4.31. The van der Waals surface area contributed by atoms with Crippen molar-refractivity contribution in [1.29, 1.82) is 0 Å². The number of nitrogens with one attached hydrogen (secondary N) is 1. The van der Waals surface area contributed by atoms with E-state index in [2.05, 4.69) is 20.7 Å². The highest BCUT2D eigenvalue weighted by Crippen LogP contribution is 2.23. The van der Waals surface area contributed by atoms with E-state index in [0.29, 0.717) is 18.8 Å². The zero-order valence-electron chi connectivity index (χ0n) is 15.0. The smallest absolute Gasteiger partial charge is 0.243 e. The molecule has 0 atom stereocenters. The maximum atomic E-state index is 12.5. The van der Waals surface area contributed by atoms with Gasteiger partial charge in [0.15, 0.2) is 0 Å². The van der Waals surface area contributed by atoms with Gasteiger partial charge in [-0.25, -0.2) is 21.6 Å². The Morgan fingerprint density at radius 2 is 1.46 bits per heavy atom. The molecule has 0 unspecified atom stereocenters. The lowest BCUT2D eigenvalue weighted by Crippen LogP contribution is -2.28. The Bertz CT molecular complexity index is 1000. The van der Waals surface area contributed by atoms with Crippen molar-refractivity contribution in [3.63, 3.8) is 0 Å². The monoisotopic (exact) mass is 488 g/mol. The molecule has 2 aromatic carbocycles. The van der Waals surface area contributed by atoms with E-state index >= 15 is 0 Å². The van der Waals surface area contributed by atoms with Gasteiger partial charge in [-0.1, -0.05) is 15.9 Å². The van der Waals surface area contributed by atoms with E-state index in [0.717, 1.165) is 17.3 Å². The van der Waals surface area contributed by atoms with Gasteiger partial charge in [-0.2, -0.15) is 4.31 Å².